The van der Waals surface area contributed by atoms with Crippen molar-refractivity contribution in [2.75, 3.05) is 13.2 Å². The van der Waals surface area contributed by atoms with Crippen molar-refractivity contribution in [3.63, 3.8) is 0 Å². The predicted molar refractivity (Wildman–Crippen MR) is 63.9 cm³/mol. The van der Waals surface area contributed by atoms with E-state index in [2.05, 4.69) is 15.5 Å². The molecule has 2 atom stereocenters. The number of nitrogens with one attached hydrogen (secondary N) is 2. The average Bonchev–Trinajstić information content (AvgIpc) is 2.55. The number of aliphatic hydroxyl groups excluding tert-OH is 1. The summed E-state index contributed by atoms with van der Waals surface area (Å²) in [7, 11) is 0. The van der Waals surface area contributed by atoms with Gasteiger partial charge < -0.3 is 10.4 Å². The summed E-state index contributed by atoms with van der Waals surface area (Å²) in [5, 5.41) is 14.3. The molecule has 3 N–H and O–H groups in total. The summed E-state index contributed by atoms with van der Waals surface area (Å²) in [5.74, 6) is -0.173. The highest BCUT2D eigenvalue weighted by atomic mass is 16.3. The van der Waals surface area contributed by atoms with E-state index < -0.39 is 5.54 Å². The maximum absolute atomic E-state index is 12.0. The molecule has 3 amide bonds. The molecule has 0 aromatic heterocycles. The molecule has 0 saturated carbocycles. The van der Waals surface area contributed by atoms with Crippen LogP contribution in [0.2, 0.25) is 0 Å². The Kier molecular flexibility index (Phi) is 2.79. The molecule has 3 saturated heterocycles. The highest BCUT2D eigenvalue weighted by molar-refractivity contribution is 6.07. The first kappa shape index (κ1) is 11.9. The van der Waals surface area contributed by atoms with E-state index >= 15 is 0 Å². The van der Waals surface area contributed by atoms with Crippen LogP contribution in [0, 0.1) is 0 Å². The van der Waals surface area contributed by atoms with E-state index in [1.54, 1.807) is 0 Å². The van der Waals surface area contributed by atoms with Crippen molar-refractivity contribution in [3.05, 3.63) is 0 Å². The number of nitrogens with zero attached hydrogens (tertiary/aromatic N) is 1. The molecule has 3 aliphatic heterocycles. The van der Waals surface area contributed by atoms with Crippen LogP contribution in [-0.4, -0.2) is 52.7 Å². The van der Waals surface area contributed by atoms with Crippen LogP contribution in [0.4, 0.5) is 4.79 Å². The van der Waals surface area contributed by atoms with Crippen LogP contribution in [-0.2, 0) is 4.79 Å². The summed E-state index contributed by atoms with van der Waals surface area (Å²) in [5.41, 5.74) is -0.696. The molecule has 6 nitrogen and oxygen atoms in total. The molecule has 0 aromatic rings. The van der Waals surface area contributed by atoms with Gasteiger partial charge in [0.05, 0.1) is 6.61 Å². The lowest BCUT2D eigenvalue weighted by atomic mass is 9.73. The van der Waals surface area contributed by atoms with E-state index in [-0.39, 0.29) is 18.5 Å². The monoisotopic (exact) mass is 253 g/mol. The summed E-state index contributed by atoms with van der Waals surface area (Å²) in [6.07, 6.45) is 4.59. The van der Waals surface area contributed by atoms with Crippen molar-refractivity contribution in [2.24, 2.45) is 0 Å². The number of imide groups is 1. The lowest BCUT2D eigenvalue weighted by Gasteiger charge is -2.51. The molecule has 6 heteroatoms. The molecule has 100 valence electrons. The molecule has 3 heterocycles. The van der Waals surface area contributed by atoms with Crippen LogP contribution >= 0.6 is 0 Å². The van der Waals surface area contributed by atoms with Crippen molar-refractivity contribution in [3.8, 4) is 0 Å². The maximum atomic E-state index is 12.0. The third-order valence-electron chi connectivity index (χ3n) is 4.55. The van der Waals surface area contributed by atoms with Crippen LogP contribution in [0.25, 0.3) is 0 Å². The summed E-state index contributed by atoms with van der Waals surface area (Å²) >= 11 is 0. The van der Waals surface area contributed by atoms with Crippen LogP contribution in [0.5, 0.6) is 0 Å². The zero-order valence-electron chi connectivity index (χ0n) is 10.3. The molecular weight excluding hydrogens is 234 g/mol. The van der Waals surface area contributed by atoms with Gasteiger partial charge in [-0.2, -0.15) is 0 Å². The Bertz CT molecular complexity index is 371. The lowest BCUT2D eigenvalue weighted by molar-refractivity contribution is -0.129. The number of rotatable bonds is 2. The minimum Gasteiger partial charge on any atom is -0.395 e. The Balaban J connectivity index is 1.83. The van der Waals surface area contributed by atoms with Gasteiger partial charge in [0.2, 0.25) is 0 Å². The molecule has 2 unspecified atom stereocenters. The van der Waals surface area contributed by atoms with E-state index in [4.69, 9.17) is 5.11 Å². The molecule has 0 aromatic carbocycles. The Labute approximate surface area is 106 Å². The number of urea groups is 1. The van der Waals surface area contributed by atoms with E-state index in [0.717, 1.165) is 12.8 Å². The van der Waals surface area contributed by atoms with Crippen molar-refractivity contribution in [1.29, 1.82) is 0 Å². The van der Waals surface area contributed by atoms with Gasteiger partial charge in [0.25, 0.3) is 5.91 Å². The SMILES string of the molecule is O=C1NC(=O)C2(CC3CCCC(C2)N3CCO)N1. The number of fused-ring (bicyclic) bond motifs is 2. The van der Waals surface area contributed by atoms with Crippen molar-refractivity contribution < 1.29 is 14.7 Å². The molecule has 3 fully saturated rings. The Morgan fingerprint density at radius 3 is 2.44 bits per heavy atom. The molecular formula is C12H19N3O3. The second-order valence-electron chi connectivity index (χ2n) is 5.60. The summed E-state index contributed by atoms with van der Waals surface area (Å²) in [4.78, 5) is 25.7. The van der Waals surface area contributed by atoms with Gasteiger partial charge in [-0.1, -0.05) is 6.42 Å². The van der Waals surface area contributed by atoms with Gasteiger partial charge >= 0.3 is 6.03 Å². The van der Waals surface area contributed by atoms with Gasteiger partial charge in [0.1, 0.15) is 5.54 Å². The molecule has 2 bridgehead atoms. The highest BCUT2D eigenvalue weighted by Crippen LogP contribution is 2.40. The van der Waals surface area contributed by atoms with Crippen molar-refractivity contribution in [1.82, 2.24) is 15.5 Å². The Morgan fingerprint density at radius 2 is 1.94 bits per heavy atom. The topological polar surface area (TPSA) is 81.7 Å². The molecule has 3 aliphatic rings. The highest BCUT2D eigenvalue weighted by Gasteiger charge is 2.54. The van der Waals surface area contributed by atoms with Crippen LogP contribution < -0.4 is 10.6 Å². The van der Waals surface area contributed by atoms with Crippen LogP contribution in [0.3, 0.4) is 0 Å². The summed E-state index contributed by atoms with van der Waals surface area (Å²) in [6.45, 7) is 0.819. The zero-order valence-corrected chi connectivity index (χ0v) is 10.3. The zero-order chi connectivity index (χ0) is 12.8. The van der Waals surface area contributed by atoms with Crippen LogP contribution in [0.1, 0.15) is 32.1 Å². The number of amides is 3. The van der Waals surface area contributed by atoms with Gasteiger partial charge in [-0.25, -0.2) is 4.79 Å². The Morgan fingerprint density at radius 1 is 1.28 bits per heavy atom. The maximum Gasteiger partial charge on any atom is 0.322 e. The summed E-state index contributed by atoms with van der Waals surface area (Å²) in [6, 6.07) is 0.233. The molecule has 0 radical (unpaired) electrons. The largest absolute Gasteiger partial charge is 0.395 e. The van der Waals surface area contributed by atoms with Gasteiger partial charge in [0.15, 0.2) is 0 Å². The number of piperidine rings is 2. The fourth-order valence-corrected chi connectivity index (χ4v) is 3.84. The first-order valence-corrected chi connectivity index (χ1v) is 6.65. The van der Waals surface area contributed by atoms with Crippen molar-refractivity contribution >= 4 is 11.9 Å². The predicted octanol–water partition coefficient (Wildman–Crippen LogP) is -0.426. The normalized spacial score (nSPS) is 39.8. The lowest BCUT2D eigenvalue weighted by Crippen LogP contribution is -2.64. The summed E-state index contributed by atoms with van der Waals surface area (Å²) < 4.78 is 0. The second-order valence-corrected chi connectivity index (χ2v) is 5.60. The molecule has 0 aliphatic carbocycles. The van der Waals surface area contributed by atoms with Crippen LogP contribution in [0.15, 0.2) is 0 Å². The van der Waals surface area contributed by atoms with E-state index in [0.29, 0.717) is 31.5 Å². The van der Waals surface area contributed by atoms with Gasteiger partial charge in [0, 0.05) is 18.6 Å². The first-order chi connectivity index (χ1) is 8.64. The second kappa shape index (κ2) is 4.20. The van der Waals surface area contributed by atoms with Gasteiger partial charge in [-0.3, -0.25) is 15.0 Å². The molecule has 3 rings (SSSR count). The third kappa shape index (κ3) is 1.71. The Hall–Kier alpha value is -1.14. The van der Waals surface area contributed by atoms with Gasteiger partial charge in [-0.15, -0.1) is 0 Å². The fraction of sp³-hybridized carbons (Fsp3) is 0.833. The number of carbonyl (C=O) groups excluding carboxylic acids is 2. The van der Waals surface area contributed by atoms with E-state index in [1.165, 1.54) is 6.42 Å². The standard InChI is InChI=1S/C12H19N3O3/c16-5-4-15-8-2-1-3-9(15)7-12(6-8)10(17)13-11(18)14-12/h8-9,16H,1-7H2,(H2,13,14,17,18). The smallest absolute Gasteiger partial charge is 0.322 e. The average molecular weight is 253 g/mol. The van der Waals surface area contributed by atoms with E-state index in [9.17, 15) is 9.59 Å². The molecule has 18 heavy (non-hydrogen) atoms. The third-order valence-corrected chi connectivity index (χ3v) is 4.55. The van der Waals surface area contributed by atoms with Gasteiger partial charge in [-0.05, 0) is 25.7 Å². The number of hydrogen-bond acceptors (Lipinski definition) is 4. The minimum atomic E-state index is -0.696. The first-order valence-electron chi connectivity index (χ1n) is 6.65. The minimum absolute atomic E-state index is 0.151. The van der Waals surface area contributed by atoms with Crippen molar-refractivity contribution in [2.45, 2.75) is 49.7 Å². The fourth-order valence-electron chi connectivity index (χ4n) is 3.84. The van der Waals surface area contributed by atoms with E-state index in [1.807, 2.05) is 0 Å². The number of aliphatic hydroxyl groups is 1. The quantitative estimate of drug-likeness (QED) is 0.583. The molecule has 1 spiro atoms. The number of carbonyl (C=O) groups is 2. The number of hydrogen-bond donors (Lipinski definition) is 3.